The van der Waals surface area contributed by atoms with Crippen LogP contribution in [0.1, 0.15) is 30.3 Å². The molecule has 0 saturated carbocycles. The summed E-state index contributed by atoms with van der Waals surface area (Å²) in [6, 6.07) is 0. The molecule has 1 aliphatic rings. The van der Waals surface area contributed by atoms with Crippen LogP contribution in [0.5, 0.6) is 0 Å². The summed E-state index contributed by atoms with van der Waals surface area (Å²) >= 11 is 0. The third-order valence-corrected chi connectivity index (χ3v) is 4.08. The van der Waals surface area contributed by atoms with Crippen molar-refractivity contribution in [1.29, 1.82) is 0 Å². The van der Waals surface area contributed by atoms with Gasteiger partial charge in [-0.2, -0.15) is 5.10 Å². The van der Waals surface area contributed by atoms with E-state index in [1.54, 1.807) is 0 Å². The number of aryl methyl sites for hydroxylation is 2. The maximum atomic E-state index is 12.0. The Kier molecular flexibility index (Phi) is 3.94. The minimum absolute atomic E-state index is 0.0865. The average Bonchev–Trinajstić information content (AvgIpc) is 2.84. The second-order valence-corrected chi connectivity index (χ2v) is 6.16. The fourth-order valence-electron chi connectivity index (χ4n) is 2.78. The summed E-state index contributed by atoms with van der Waals surface area (Å²) in [6.07, 6.45) is 1.56. The Morgan fingerprint density at radius 3 is 2.79 bits per heavy atom. The highest BCUT2D eigenvalue weighted by atomic mass is 16.1. The minimum atomic E-state index is 0.0865. The summed E-state index contributed by atoms with van der Waals surface area (Å²) in [5, 5.41) is 10.1. The molecule has 2 N–H and O–H groups in total. The molecule has 0 aromatic carbocycles. The van der Waals surface area contributed by atoms with Crippen LogP contribution in [-0.4, -0.2) is 47.7 Å². The molecule has 0 bridgehead atoms. The zero-order valence-electron chi connectivity index (χ0n) is 12.3. The normalized spacial score (nSPS) is 23.8. The third-order valence-electron chi connectivity index (χ3n) is 4.08. The van der Waals surface area contributed by atoms with E-state index in [0.717, 1.165) is 43.0 Å². The van der Waals surface area contributed by atoms with E-state index in [4.69, 9.17) is 0 Å². The van der Waals surface area contributed by atoms with Crippen molar-refractivity contribution in [2.75, 3.05) is 26.7 Å². The van der Waals surface area contributed by atoms with Gasteiger partial charge in [-0.1, -0.05) is 6.92 Å². The number of nitrogens with one attached hydrogen (secondary N) is 2. The van der Waals surface area contributed by atoms with Crippen LogP contribution in [0.25, 0.3) is 0 Å². The standard InChI is InChI=1S/C14H24N4O/c1-10-12(11(2)17-16-10)7-13(19)15-8-14(3)5-6-18(4)9-14/h5-9H2,1-4H3,(H,15,19)(H,16,17). The number of aromatic amines is 1. The van der Waals surface area contributed by atoms with E-state index in [-0.39, 0.29) is 11.3 Å². The summed E-state index contributed by atoms with van der Waals surface area (Å²) in [4.78, 5) is 14.3. The number of likely N-dealkylation sites (tertiary alicyclic amines) is 1. The number of rotatable bonds is 4. The van der Waals surface area contributed by atoms with Crippen LogP contribution in [0, 0.1) is 19.3 Å². The first-order chi connectivity index (χ1) is 8.89. The van der Waals surface area contributed by atoms with Gasteiger partial charge in [0.15, 0.2) is 0 Å². The lowest BCUT2D eigenvalue weighted by molar-refractivity contribution is -0.120. The summed E-state index contributed by atoms with van der Waals surface area (Å²) in [6.45, 7) is 9.05. The molecule has 0 spiro atoms. The van der Waals surface area contributed by atoms with Crippen molar-refractivity contribution in [2.45, 2.75) is 33.6 Å². The van der Waals surface area contributed by atoms with E-state index < -0.39 is 0 Å². The number of carbonyl (C=O) groups is 1. The molecule has 1 aromatic heterocycles. The Hall–Kier alpha value is -1.36. The number of hydrogen-bond donors (Lipinski definition) is 2. The predicted octanol–water partition coefficient (Wildman–Crippen LogP) is 1.03. The van der Waals surface area contributed by atoms with Gasteiger partial charge in [0.1, 0.15) is 0 Å². The van der Waals surface area contributed by atoms with E-state index in [1.807, 2.05) is 13.8 Å². The van der Waals surface area contributed by atoms with E-state index in [2.05, 4.69) is 34.4 Å². The smallest absolute Gasteiger partial charge is 0.224 e. The Morgan fingerprint density at radius 2 is 2.26 bits per heavy atom. The van der Waals surface area contributed by atoms with Gasteiger partial charge < -0.3 is 10.2 Å². The Bertz CT molecular complexity index is 449. The lowest BCUT2D eigenvalue weighted by Crippen LogP contribution is -2.38. The Morgan fingerprint density at radius 1 is 1.53 bits per heavy atom. The predicted molar refractivity (Wildman–Crippen MR) is 75.0 cm³/mol. The largest absolute Gasteiger partial charge is 0.355 e. The summed E-state index contributed by atoms with van der Waals surface area (Å²) in [5.74, 6) is 0.0865. The van der Waals surface area contributed by atoms with Crippen molar-refractivity contribution >= 4 is 5.91 Å². The van der Waals surface area contributed by atoms with Crippen LogP contribution in [0.3, 0.4) is 0 Å². The summed E-state index contributed by atoms with van der Waals surface area (Å²) in [5.41, 5.74) is 3.13. The molecule has 1 saturated heterocycles. The Balaban J connectivity index is 1.85. The van der Waals surface area contributed by atoms with Crippen molar-refractivity contribution < 1.29 is 4.79 Å². The van der Waals surface area contributed by atoms with E-state index >= 15 is 0 Å². The molecule has 5 nitrogen and oxygen atoms in total. The SMILES string of the molecule is Cc1n[nH]c(C)c1CC(=O)NCC1(C)CCN(C)C1. The maximum Gasteiger partial charge on any atom is 0.224 e. The van der Waals surface area contributed by atoms with Gasteiger partial charge in [-0.05, 0) is 39.3 Å². The van der Waals surface area contributed by atoms with Crippen LogP contribution < -0.4 is 5.32 Å². The molecule has 1 aliphatic heterocycles. The number of nitrogens with zero attached hydrogens (tertiary/aromatic N) is 2. The van der Waals surface area contributed by atoms with Gasteiger partial charge in [0.2, 0.25) is 5.91 Å². The Labute approximate surface area is 114 Å². The highest BCUT2D eigenvalue weighted by Gasteiger charge is 2.32. The second kappa shape index (κ2) is 5.33. The van der Waals surface area contributed by atoms with Gasteiger partial charge in [-0.15, -0.1) is 0 Å². The molecule has 1 aromatic rings. The zero-order valence-corrected chi connectivity index (χ0v) is 12.3. The molecule has 5 heteroatoms. The maximum absolute atomic E-state index is 12.0. The van der Waals surface area contributed by atoms with Crippen LogP contribution in [-0.2, 0) is 11.2 Å². The van der Waals surface area contributed by atoms with E-state index in [0.29, 0.717) is 6.42 Å². The first-order valence-corrected chi connectivity index (χ1v) is 6.85. The quantitative estimate of drug-likeness (QED) is 0.854. The lowest BCUT2D eigenvalue weighted by Gasteiger charge is -2.24. The molecule has 1 unspecified atom stereocenters. The first-order valence-electron chi connectivity index (χ1n) is 6.85. The van der Waals surface area contributed by atoms with Crippen LogP contribution in [0.2, 0.25) is 0 Å². The van der Waals surface area contributed by atoms with Gasteiger partial charge in [-0.25, -0.2) is 0 Å². The number of carbonyl (C=O) groups excluding carboxylic acids is 1. The average molecular weight is 264 g/mol. The van der Waals surface area contributed by atoms with Crippen molar-refractivity contribution in [1.82, 2.24) is 20.4 Å². The highest BCUT2D eigenvalue weighted by Crippen LogP contribution is 2.27. The molecule has 1 fully saturated rings. The molecule has 1 atom stereocenters. The first kappa shape index (κ1) is 14.1. The van der Waals surface area contributed by atoms with Gasteiger partial charge in [0.05, 0.1) is 12.1 Å². The molecule has 2 heterocycles. The van der Waals surface area contributed by atoms with E-state index in [9.17, 15) is 4.79 Å². The van der Waals surface area contributed by atoms with Crippen LogP contribution in [0.4, 0.5) is 0 Å². The van der Waals surface area contributed by atoms with Gasteiger partial charge in [0.25, 0.3) is 0 Å². The molecular formula is C14H24N4O. The fraction of sp³-hybridized carbons (Fsp3) is 0.714. The minimum Gasteiger partial charge on any atom is -0.355 e. The third kappa shape index (κ3) is 3.35. The second-order valence-electron chi connectivity index (χ2n) is 6.16. The van der Waals surface area contributed by atoms with Crippen molar-refractivity contribution in [3.05, 3.63) is 17.0 Å². The zero-order chi connectivity index (χ0) is 14.0. The molecule has 0 aliphatic carbocycles. The number of aromatic nitrogens is 2. The number of amides is 1. The molecule has 106 valence electrons. The fourth-order valence-corrected chi connectivity index (χ4v) is 2.78. The number of hydrogen-bond acceptors (Lipinski definition) is 3. The molecule has 0 radical (unpaired) electrons. The molecule has 19 heavy (non-hydrogen) atoms. The van der Waals surface area contributed by atoms with Crippen molar-refractivity contribution in [2.24, 2.45) is 5.41 Å². The monoisotopic (exact) mass is 264 g/mol. The van der Waals surface area contributed by atoms with Crippen LogP contribution in [0.15, 0.2) is 0 Å². The summed E-state index contributed by atoms with van der Waals surface area (Å²) in [7, 11) is 2.13. The lowest BCUT2D eigenvalue weighted by atomic mass is 9.90. The molecule has 2 rings (SSSR count). The topological polar surface area (TPSA) is 61.0 Å². The van der Waals surface area contributed by atoms with Gasteiger partial charge >= 0.3 is 0 Å². The summed E-state index contributed by atoms with van der Waals surface area (Å²) < 4.78 is 0. The molecular weight excluding hydrogens is 240 g/mol. The van der Waals surface area contributed by atoms with Crippen LogP contribution >= 0.6 is 0 Å². The highest BCUT2D eigenvalue weighted by molar-refractivity contribution is 5.79. The number of H-pyrrole nitrogens is 1. The van der Waals surface area contributed by atoms with Gasteiger partial charge in [-0.3, -0.25) is 9.89 Å². The van der Waals surface area contributed by atoms with E-state index in [1.165, 1.54) is 0 Å². The molecule has 1 amide bonds. The van der Waals surface area contributed by atoms with Gasteiger partial charge in [0, 0.05) is 24.3 Å². The van der Waals surface area contributed by atoms with Crippen molar-refractivity contribution in [3.63, 3.8) is 0 Å². The van der Waals surface area contributed by atoms with Crippen molar-refractivity contribution in [3.8, 4) is 0 Å².